The molecule has 0 aromatic rings. The third kappa shape index (κ3) is 0.867. The van der Waals surface area contributed by atoms with Gasteiger partial charge in [-0.2, -0.15) is 0 Å². The van der Waals surface area contributed by atoms with E-state index < -0.39 is 0 Å². The SMILES string of the molecule is CNCC1C2CN(C)C[C@H]12. The van der Waals surface area contributed by atoms with Crippen molar-refractivity contribution in [2.45, 2.75) is 0 Å². The van der Waals surface area contributed by atoms with E-state index in [2.05, 4.69) is 24.3 Å². The predicted octanol–water partition coefficient (Wildman–Crippen LogP) is 0.0134. The standard InChI is InChI=1S/C8H16N2/c1-9-3-6-7-4-10(2)5-8(6)7/h6-9H,3-5H2,1-2H3/t6?,7-,8?/m1/s1. The number of nitrogens with zero attached hydrogens (tertiary/aromatic N) is 1. The highest BCUT2D eigenvalue weighted by atomic mass is 15.2. The Morgan fingerprint density at radius 3 is 2.50 bits per heavy atom. The van der Waals surface area contributed by atoms with Crippen LogP contribution in [0.5, 0.6) is 0 Å². The number of nitrogens with one attached hydrogen (secondary N) is 1. The molecule has 2 rings (SSSR count). The van der Waals surface area contributed by atoms with E-state index in [4.69, 9.17) is 0 Å². The summed E-state index contributed by atoms with van der Waals surface area (Å²) in [7, 11) is 4.28. The minimum atomic E-state index is 1.01. The van der Waals surface area contributed by atoms with Gasteiger partial charge in [0.05, 0.1) is 0 Å². The molecule has 1 heterocycles. The third-order valence-electron chi connectivity index (χ3n) is 2.99. The van der Waals surface area contributed by atoms with Gasteiger partial charge in [-0.25, -0.2) is 0 Å². The molecule has 2 fully saturated rings. The van der Waals surface area contributed by atoms with Gasteiger partial charge in [0.1, 0.15) is 0 Å². The number of piperidine rings is 1. The van der Waals surface area contributed by atoms with E-state index in [1.54, 1.807) is 0 Å². The van der Waals surface area contributed by atoms with Gasteiger partial charge < -0.3 is 10.2 Å². The van der Waals surface area contributed by atoms with Crippen LogP contribution in [-0.4, -0.2) is 38.6 Å². The molecular formula is C8H16N2. The Bertz CT molecular complexity index is 116. The lowest BCUT2D eigenvalue weighted by Crippen LogP contribution is -2.22. The number of rotatable bonds is 2. The lowest BCUT2D eigenvalue weighted by Gasteiger charge is -2.11. The van der Waals surface area contributed by atoms with E-state index >= 15 is 0 Å². The first-order valence-corrected chi connectivity index (χ1v) is 4.16. The first-order chi connectivity index (χ1) is 4.83. The fourth-order valence-electron chi connectivity index (χ4n) is 2.40. The summed E-state index contributed by atoms with van der Waals surface area (Å²) in [6.07, 6.45) is 0. The van der Waals surface area contributed by atoms with Gasteiger partial charge in [-0.15, -0.1) is 0 Å². The van der Waals surface area contributed by atoms with Crippen LogP contribution in [0.4, 0.5) is 0 Å². The highest BCUT2D eigenvalue weighted by Crippen LogP contribution is 2.50. The summed E-state index contributed by atoms with van der Waals surface area (Å²) < 4.78 is 0. The zero-order chi connectivity index (χ0) is 7.14. The summed E-state index contributed by atoms with van der Waals surface area (Å²) >= 11 is 0. The van der Waals surface area contributed by atoms with Crippen molar-refractivity contribution in [2.24, 2.45) is 17.8 Å². The van der Waals surface area contributed by atoms with Gasteiger partial charge in [-0.3, -0.25) is 0 Å². The van der Waals surface area contributed by atoms with Crippen molar-refractivity contribution in [3.05, 3.63) is 0 Å². The predicted molar refractivity (Wildman–Crippen MR) is 41.9 cm³/mol. The van der Waals surface area contributed by atoms with Crippen LogP contribution in [0.15, 0.2) is 0 Å². The maximum atomic E-state index is 3.25. The molecule has 0 amide bonds. The van der Waals surface area contributed by atoms with Crippen LogP contribution in [0.2, 0.25) is 0 Å². The molecule has 0 aromatic carbocycles. The largest absolute Gasteiger partial charge is 0.319 e. The van der Waals surface area contributed by atoms with Crippen LogP contribution in [0.25, 0.3) is 0 Å². The van der Waals surface area contributed by atoms with Crippen LogP contribution < -0.4 is 5.32 Å². The number of hydrogen-bond acceptors (Lipinski definition) is 2. The van der Waals surface area contributed by atoms with E-state index in [9.17, 15) is 0 Å². The minimum Gasteiger partial charge on any atom is -0.319 e. The highest BCUT2D eigenvalue weighted by molar-refractivity contribution is 5.04. The van der Waals surface area contributed by atoms with E-state index in [1.807, 2.05) is 0 Å². The van der Waals surface area contributed by atoms with Crippen molar-refractivity contribution in [1.82, 2.24) is 10.2 Å². The van der Waals surface area contributed by atoms with E-state index in [1.165, 1.54) is 19.6 Å². The molecule has 2 aliphatic rings. The molecule has 0 aromatic heterocycles. The maximum absolute atomic E-state index is 3.25. The Morgan fingerprint density at radius 2 is 2.00 bits per heavy atom. The monoisotopic (exact) mass is 140 g/mol. The molecular weight excluding hydrogens is 124 g/mol. The van der Waals surface area contributed by atoms with Crippen molar-refractivity contribution in [2.75, 3.05) is 33.7 Å². The maximum Gasteiger partial charge on any atom is 0.00132 e. The zero-order valence-electron chi connectivity index (χ0n) is 6.80. The quantitative estimate of drug-likeness (QED) is 0.581. The Morgan fingerprint density at radius 1 is 1.40 bits per heavy atom. The average molecular weight is 140 g/mol. The molecule has 0 bridgehead atoms. The molecule has 2 unspecified atom stereocenters. The first-order valence-electron chi connectivity index (χ1n) is 4.16. The molecule has 2 heteroatoms. The Balaban J connectivity index is 1.81. The normalized spacial score (nSPS) is 45.6. The van der Waals surface area contributed by atoms with Gasteiger partial charge in [-0.05, 0) is 38.4 Å². The number of fused-ring (bicyclic) bond motifs is 1. The van der Waals surface area contributed by atoms with Crippen LogP contribution in [0.1, 0.15) is 0 Å². The summed E-state index contributed by atoms with van der Waals surface area (Å²) in [5.74, 6) is 3.09. The van der Waals surface area contributed by atoms with Gasteiger partial charge in [0.2, 0.25) is 0 Å². The fraction of sp³-hybridized carbons (Fsp3) is 1.00. The van der Waals surface area contributed by atoms with Crippen LogP contribution in [0.3, 0.4) is 0 Å². The minimum absolute atomic E-state index is 1.01. The Labute approximate surface area is 62.6 Å². The van der Waals surface area contributed by atoms with Crippen LogP contribution in [-0.2, 0) is 0 Å². The molecule has 1 N–H and O–H groups in total. The van der Waals surface area contributed by atoms with Crippen molar-refractivity contribution >= 4 is 0 Å². The van der Waals surface area contributed by atoms with Gasteiger partial charge in [0.25, 0.3) is 0 Å². The number of likely N-dealkylation sites (tertiary alicyclic amines) is 1. The summed E-state index contributed by atoms with van der Waals surface area (Å²) in [4.78, 5) is 2.45. The van der Waals surface area contributed by atoms with Crippen LogP contribution in [0, 0.1) is 17.8 Å². The second-order valence-corrected chi connectivity index (χ2v) is 3.77. The fourth-order valence-corrected chi connectivity index (χ4v) is 2.40. The molecule has 2 nitrogen and oxygen atoms in total. The summed E-state index contributed by atoms with van der Waals surface area (Å²) in [6.45, 7) is 3.93. The Kier molecular flexibility index (Phi) is 1.46. The molecule has 1 aliphatic carbocycles. The molecule has 58 valence electrons. The van der Waals surface area contributed by atoms with Gasteiger partial charge >= 0.3 is 0 Å². The topological polar surface area (TPSA) is 15.3 Å². The smallest absolute Gasteiger partial charge is 0.00132 e. The third-order valence-corrected chi connectivity index (χ3v) is 2.99. The molecule has 3 atom stereocenters. The molecule has 1 saturated heterocycles. The van der Waals surface area contributed by atoms with Crippen molar-refractivity contribution in [3.63, 3.8) is 0 Å². The molecule has 1 saturated carbocycles. The molecule has 0 spiro atoms. The van der Waals surface area contributed by atoms with Crippen LogP contribution >= 0.6 is 0 Å². The summed E-state index contributed by atoms with van der Waals surface area (Å²) in [6, 6.07) is 0. The molecule has 10 heavy (non-hydrogen) atoms. The van der Waals surface area contributed by atoms with E-state index in [0.717, 1.165) is 17.8 Å². The lowest BCUT2D eigenvalue weighted by atomic mass is 10.3. The Hall–Kier alpha value is -0.0800. The van der Waals surface area contributed by atoms with Gasteiger partial charge in [0.15, 0.2) is 0 Å². The van der Waals surface area contributed by atoms with Gasteiger partial charge in [0, 0.05) is 13.1 Å². The van der Waals surface area contributed by atoms with E-state index in [-0.39, 0.29) is 0 Å². The van der Waals surface area contributed by atoms with Crippen molar-refractivity contribution in [1.29, 1.82) is 0 Å². The molecule has 1 aliphatic heterocycles. The lowest BCUT2D eigenvalue weighted by molar-refractivity contribution is 0.342. The van der Waals surface area contributed by atoms with E-state index in [0.29, 0.717) is 0 Å². The van der Waals surface area contributed by atoms with Crippen molar-refractivity contribution < 1.29 is 0 Å². The van der Waals surface area contributed by atoms with Crippen molar-refractivity contribution in [3.8, 4) is 0 Å². The highest BCUT2D eigenvalue weighted by Gasteiger charge is 2.53. The summed E-state index contributed by atoms with van der Waals surface area (Å²) in [5.41, 5.74) is 0. The number of hydrogen-bond donors (Lipinski definition) is 1. The van der Waals surface area contributed by atoms with Gasteiger partial charge in [-0.1, -0.05) is 0 Å². The molecule has 0 radical (unpaired) electrons. The first kappa shape index (κ1) is 6.62. The second kappa shape index (κ2) is 2.21. The average Bonchev–Trinajstić information content (AvgIpc) is 2.43. The summed E-state index contributed by atoms with van der Waals surface area (Å²) in [5, 5.41) is 3.25. The second-order valence-electron chi connectivity index (χ2n) is 3.77. The zero-order valence-corrected chi connectivity index (χ0v) is 6.80.